The number of para-hydroxylation sites is 1. The van der Waals surface area contributed by atoms with E-state index in [1.165, 1.54) is 11.1 Å². The van der Waals surface area contributed by atoms with Gasteiger partial charge in [-0.1, -0.05) is 42.5 Å². The van der Waals surface area contributed by atoms with E-state index in [2.05, 4.69) is 86.3 Å². The molecule has 1 aliphatic rings. The first-order valence-corrected chi connectivity index (χ1v) is 8.93. The Morgan fingerprint density at radius 2 is 1.79 bits per heavy atom. The molecule has 0 unspecified atom stereocenters. The lowest BCUT2D eigenvalue weighted by molar-refractivity contribution is 0.0288. The van der Waals surface area contributed by atoms with Crippen LogP contribution < -0.4 is 0 Å². The van der Waals surface area contributed by atoms with Gasteiger partial charge in [0.25, 0.3) is 0 Å². The van der Waals surface area contributed by atoms with Gasteiger partial charge in [-0.2, -0.15) is 0 Å². The minimum atomic E-state index is 0.0222. The topological polar surface area (TPSA) is 17.4 Å². The molecule has 1 aliphatic heterocycles. The zero-order valence-corrected chi connectivity index (χ0v) is 14.9. The van der Waals surface area contributed by atoms with E-state index in [0.29, 0.717) is 0 Å². The summed E-state index contributed by atoms with van der Waals surface area (Å²) in [5.41, 5.74) is 3.65. The second-order valence-electron chi connectivity index (χ2n) is 5.98. The number of hydrogen-bond donors (Lipinski definition) is 0. The smallest absolute Gasteiger partial charge is 0.138 e. The Balaban J connectivity index is 1.56. The van der Waals surface area contributed by atoms with Crippen molar-refractivity contribution in [1.82, 2.24) is 9.47 Å². The van der Waals surface area contributed by atoms with Gasteiger partial charge in [-0.3, -0.25) is 4.90 Å². The van der Waals surface area contributed by atoms with Gasteiger partial charge < -0.3 is 9.30 Å². The van der Waals surface area contributed by atoms with Crippen LogP contribution in [0, 0.1) is 0 Å². The Hall–Kier alpha value is -1.88. The first kappa shape index (κ1) is 15.6. The molecule has 122 valence electrons. The van der Waals surface area contributed by atoms with Gasteiger partial charge in [0.1, 0.15) is 6.23 Å². The maximum atomic E-state index is 6.00. The van der Waals surface area contributed by atoms with E-state index in [-0.39, 0.29) is 6.23 Å². The highest BCUT2D eigenvalue weighted by molar-refractivity contribution is 9.10. The van der Waals surface area contributed by atoms with Crippen molar-refractivity contribution >= 4 is 15.9 Å². The second kappa shape index (κ2) is 6.93. The third kappa shape index (κ3) is 3.18. The molecule has 3 nitrogen and oxygen atoms in total. The molecule has 1 atom stereocenters. The minimum Gasteiger partial charge on any atom is -0.357 e. The van der Waals surface area contributed by atoms with Crippen LogP contribution in [0.2, 0.25) is 0 Å². The maximum absolute atomic E-state index is 6.00. The van der Waals surface area contributed by atoms with Crippen molar-refractivity contribution in [3.8, 4) is 5.69 Å². The molecule has 4 rings (SSSR count). The molecule has 1 fully saturated rings. The van der Waals surface area contributed by atoms with Crippen molar-refractivity contribution in [2.75, 3.05) is 13.2 Å². The molecule has 0 spiro atoms. The van der Waals surface area contributed by atoms with Crippen LogP contribution in [-0.4, -0.2) is 22.6 Å². The van der Waals surface area contributed by atoms with Crippen LogP contribution in [0.15, 0.2) is 77.5 Å². The molecule has 0 saturated carbocycles. The van der Waals surface area contributed by atoms with Crippen LogP contribution in [-0.2, 0) is 11.3 Å². The number of nitrogens with zero attached hydrogens (tertiary/aromatic N) is 2. The molecule has 3 aromatic rings. The Morgan fingerprint density at radius 1 is 1.00 bits per heavy atom. The van der Waals surface area contributed by atoms with Crippen LogP contribution in [0.1, 0.15) is 17.4 Å². The predicted octanol–water partition coefficient (Wildman–Crippen LogP) is 4.77. The number of aromatic nitrogens is 1. The van der Waals surface area contributed by atoms with Gasteiger partial charge in [-0.05, 0) is 39.7 Å². The van der Waals surface area contributed by atoms with Crippen LogP contribution in [0.4, 0.5) is 0 Å². The first-order chi connectivity index (χ1) is 11.8. The van der Waals surface area contributed by atoms with Gasteiger partial charge in [-0.25, -0.2) is 0 Å². The first-order valence-electron chi connectivity index (χ1n) is 8.13. The summed E-state index contributed by atoms with van der Waals surface area (Å²) in [7, 11) is 0. The number of benzene rings is 2. The number of halogens is 1. The Kier molecular flexibility index (Phi) is 4.52. The quantitative estimate of drug-likeness (QED) is 0.646. The van der Waals surface area contributed by atoms with Crippen LogP contribution in [0.3, 0.4) is 0 Å². The summed E-state index contributed by atoms with van der Waals surface area (Å²) in [5.74, 6) is 0. The number of rotatable bonds is 4. The molecule has 4 heteroatoms. The summed E-state index contributed by atoms with van der Waals surface area (Å²) in [6.45, 7) is 2.64. The Morgan fingerprint density at radius 3 is 2.62 bits per heavy atom. The summed E-state index contributed by atoms with van der Waals surface area (Å²) in [4.78, 5) is 2.38. The van der Waals surface area contributed by atoms with Crippen molar-refractivity contribution < 1.29 is 4.74 Å². The lowest BCUT2D eigenvalue weighted by Gasteiger charge is -2.22. The van der Waals surface area contributed by atoms with Gasteiger partial charge in [0.15, 0.2) is 0 Å². The fraction of sp³-hybridized carbons (Fsp3) is 0.200. The normalized spacial score (nSPS) is 18.1. The molecule has 1 saturated heterocycles. The highest BCUT2D eigenvalue weighted by Gasteiger charge is 2.27. The van der Waals surface area contributed by atoms with Gasteiger partial charge in [0, 0.05) is 35.5 Å². The third-order valence-electron chi connectivity index (χ3n) is 4.35. The van der Waals surface area contributed by atoms with Crippen LogP contribution in [0.5, 0.6) is 0 Å². The van der Waals surface area contributed by atoms with E-state index in [4.69, 9.17) is 4.74 Å². The average Bonchev–Trinajstić information content (AvgIpc) is 3.25. The molecular formula is C20H19BrN2O. The summed E-state index contributed by atoms with van der Waals surface area (Å²) in [6, 6.07) is 21.0. The van der Waals surface area contributed by atoms with E-state index < -0.39 is 0 Å². The fourth-order valence-corrected chi connectivity index (χ4v) is 3.65. The summed E-state index contributed by atoms with van der Waals surface area (Å²) in [5, 5.41) is 0. The SMILES string of the molecule is Brc1ccccc1-n1ccc([C@H]2OCCN2Cc2ccccc2)c1. The molecule has 1 aromatic heterocycles. The minimum absolute atomic E-state index is 0.0222. The van der Waals surface area contributed by atoms with E-state index in [1.807, 2.05) is 12.1 Å². The van der Waals surface area contributed by atoms with Gasteiger partial charge in [0.2, 0.25) is 0 Å². The molecular weight excluding hydrogens is 364 g/mol. The molecule has 0 bridgehead atoms. The summed E-state index contributed by atoms with van der Waals surface area (Å²) < 4.78 is 9.23. The Labute approximate surface area is 150 Å². The van der Waals surface area contributed by atoms with E-state index in [0.717, 1.165) is 29.9 Å². The zero-order valence-electron chi connectivity index (χ0n) is 13.3. The zero-order chi connectivity index (χ0) is 16.4. The highest BCUT2D eigenvalue weighted by atomic mass is 79.9. The van der Waals surface area contributed by atoms with Gasteiger partial charge in [0.05, 0.1) is 12.3 Å². The fourth-order valence-electron chi connectivity index (χ4n) is 3.16. The largest absolute Gasteiger partial charge is 0.357 e. The molecule has 0 amide bonds. The number of hydrogen-bond acceptors (Lipinski definition) is 2. The second-order valence-corrected chi connectivity index (χ2v) is 6.84. The molecule has 0 N–H and O–H groups in total. The number of ether oxygens (including phenoxy) is 1. The average molecular weight is 383 g/mol. The van der Waals surface area contributed by atoms with Crippen molar-refractivity contribution in [3.63, 3.8) is 0 Å². The maximum Gasteiger partial charge on any atom is 0.138 e. The van der Waals surface area contributed by atoms with E-state index >= 15 is 0 Å². The third-order valence-corrected chi connectivity index (χ3v) is 5.02. The standard InChI is InChI=1S/C20H19BrN2O/c21-18-8-4-5-9-19(18)22-11-10-17(15-22)20-23(12-13-24-20)14-16-6-2-1-3-7-16/h1-11,15,20H,12-14H2/t20-/m1/s1. The van der Waals surface area contributed by atoms with Crippen molar-refractivity contribution in [3.05, 3.63) is 88.7 Å². The van der Waals surface area contributed by atoms with Crippen molar-refractivity contribution in [1.29, 1.82) is 0 Å². The van der Waals surface area contributed by atoms with Crippen molar-refractivity contribution in [2.45, 2.75) is 12.8 Å². The van der Waals surface area contributed by atoms with Gasteiger partial charge in [-0.15, -0.1) is 0 Å². The molecule has 0 aliphatic carbocycles. The Bertz CT molecular complexity index is 815. The van der Waals surface area contributed by atoms with Crippen LogP contribution >= 0.6 is 15.9 Å². The molecule has 0 radical (unpaired) electrons. The lowest BCUT2D eigenvalue weighted by Crippen LogP contribution is -2.23. The predicted molar refractivity (Wildman–Crippen MR) is 99.0 cm³/mol. The molecule has 2 heterocycles. The highest BCUT2D eigenvalue weighted by Crippen LogP contribution is 2.30. The molecule has 2 aromatic carbocycles. The van der Waals surface area contributed by atoms with Gasteiger partial charge >= 0.3 is 0 Å². The van der Waals surface area contributed by atoms with E-state index in [9.17, 15) is 0 Å². The van der Waals surface area contributed by atoms with E-state index in [1.54, 1.807) is 0 Å². The molecule has 24 heavy (non-hydrogen) atoms. The monoisotopic (exact) mass is 382 g/mol. The van der Waals surface area contributed by atoms with Crippen molar-refractivity contribution in [2.24, 2.45) is 0 Å². The lowest BCUT2D eigenvalue weighted by atomic mass is 10.2. The summed E-state index contributed by atoms with van der Waals surface area (Å²) >= 11 is 3.62. The van der Waals surface area contributed by atoms with Crippen LogP contribution in [0.25, 0.3) is 5.69 Å². The summed E-state index contributed by atoms with van der Waals surface area (Å²) in [6.07, 6.45) is 4.28.